The molecule has 2 heterocycles. The molecule has 0 spiro atoms. The average Bonchev–Trinajstić information content (AvgIpc) is 2.90. The van der Waals surface area contributed by atoms with Gasteiger partial charge < -0.3 is 5.32 Å². The quantitative estimate of drug-likeness (QED) is 0.759. The Bertz CT molecular complexity index is 742. The van der Waals surface area contributed by atoms with Crippen molar-refractivity contribution in [2.75, 3.05) is 11.9 Å². The highest BCUT2D eigenvalue weighted by atomic mass is 35.5. The van der Waals surface area contributed by atoms with Crippen LogP contribution >= 0.6 is 34.5 Å². The van der Waals surface area contributed by atoms with Gasteiger partial charge in [0.1, 0.15) is 17.0 Å². The summed E-state index contributed by atoms with van der Waals surface area (Å²) in [7, 11) is 0. The lowest BCUT2D eigenvalue weighted by Gasteiger charge is -2.08. The molecule has 0 aliphatic carbocycles. The Labute approximate surface area is 130 Å². The summed E-state index contributed by atoms with van der Waals surface area (Å²) in [5.41, 5.74) is 1.07. The molecule has 0 aliphatic heterocycles. The van der Waals surface area contributed by atoms with Gasteiger partial charge in [0.05, 0.1) is 5.39 Å². The van der Waals surface area contributed by atoms with Crippen molar-refractivity contribution < 1.29 is 0 Å². The monoisotopic (exact) mass is 323 g/mol. The van der Waals surface area contributed by atoms with E-state index in [1.54, 1.807) is 23.7 Å². The molecule has 3 nitrogen and oxygen atoms in total. The van der Waals surface area contributed by atoms with E-state index in [4.69, 9.17) is 23.2 Å². The third-order valence-corrected chi connectivity index (χ3v) is 4.37. The van der Waals surface area contributed by atoms with Gasteiger partial charge in [-0.2, -0.15) is 0 Å². The number of anilines is 1. The Morgan fingerprint density at radius 1 is 1.15 bits per heavy atom. The Hall–Kier alpha value is -1.36. The summed E-state index contributed by atoms with van der Waals surface area (Å²) in [6.45, 7) is 0.753. The molecule has 0 amide bonds. The number of nitrogens with zero attached hydrogens (tertiary/aromatic N) is 2. The molecule has 2 aromatic heterocycles. The smallest absolute Gasteiger partial charge is 0.138 e. The lowest BCUT2D eigenvalue weighted by molar-refractivity contribution is 1.01. The summed E-state index contributed by atoms with van der Waals surface area (Å²) in [5, 5.41) is 7.75. The molecule has 0 unspecified atom stereocenters. The van der Waals surface area contributed by atoms with E-state index in [0.29, 0.717) is 10.0 Å². The Morgan fingerprint density at radius 2 is 2.05 bits per heavy atom. The second-order valence-corrected chi connectivity index (χ2v) is 6.01. The minimum Gasteiger partial charge on any atom is -0.369 e. The number of halogens is 2. The Morgan fingerprint density at radius 3 is 2.90 bits per heavy atom. The fourth-order valence-electron chi connectivity index (χ4n) is 1.97. The van der Waals surface area contributed by atoms with Crippen molar-refractivity contribution in [3.63, 3.8) is 0 Å². The summed E-state index contributed by atoms with van der Waals surface area (Å²) in [6, 6.07) is 7.59. The van der Waals surface area contributed by atoms with Gasteiger partial charge in [0.2, 0.25) is 0 Å². The van der Waals surface area contributed by atoms with Crippen LogP contribution in [-0.4, -0.2) is 16.5 Å². The molecule has 1 aromatic carbocycles. The van der Waals surface area contributed by atoms with Gasteiger partial charge in [-0.05, 0) is 35.6 Å². The fraction of sp³-hybridized carbons (Fsp3) is 0.143. The van der Waals surface area contributed by atoms with Crippen LogP contribution in [0.15, 0.2) is 36.0 Å². The highest BCUT2D eigenvalue weighted by molar-refractivity contribution is 7.16. The molecule has 3 rings (SSSR count). The summed E-state index contributed by atoms with van der Waals surface area (Å²) >= 11 is 13.6. The number of nitrogens with one attached hydrogen (secondary N) is 1. The van der Waals surface area contributed by atoms with Gasteiger partial charge in [-0.1, -0.05) is 29.3 Å². The van der Waals surface area contributed by atoms with Gasteiger partial charge in [-0.25, -0.2) is 9.97 Å². The largest absolute Gasteiger partial charge is 0.369 e. The van der Waals surface area contributed by atoms with Crippen molar-refractivity contribution in [1.29, 1.82) is 0 Å². The SMILES string of the molecule is Clc1ccc(CCNc2ncnc3sccc23)c(Cl)c1. The highest BCUT2D eigenvalue weighted by Gasteiger charge is 2.05. The van der Waals surface area contributed by atoms with Crippen LogP contribution in [0.1, 0.15) is 5.56 Å². The molecule has 0 bridgehead atoms. The topological polar surface area (TPSA) is 37.8 Å². The van der Waals surface area contributed by atoms with Crippen molar-refractivity contribution in [3.05, 3.63) is 51.6 Å². The van der Waals surface area contributed by atoms with Crippen molar-refractivity contribution in [3.8, 4) is 0 Å². The van der Waals surface area contributed by atoms with E-state index in [1.165, 1.54) is 0 Å². The van der Waals surface area contributed by atoms with E-state index in [0.717, 1.165) is 34.6 Å². The van der Waals surface area contributed by atoms with Crippen LogP contribution in [0.5, 0.6) is 0 Å². The molecule has 20 heavy (non-hydrogen) atoms. The summed E-state index contributed by atoms with van der Waals surface area (Å²) in [4.78, 5) is 9.49. The lowest BCUT2D eigenvalue weighted by atomic mass is 10.1. The molecular formula is C14H11Cl2N3S. The Balaban J connectivity index is 1.69. The fourth-order valence-corrected chi connectivity index (χ4v) is 3.21. The maximum absolute atomic E-state index is 6.15. The van der Waals surface area contributed by atoms with Crippen molar-refractivity contribution in [2.45, 2.75) is 6.42 Å². The summed E-state index contributed by atoms with van der Waals surface area (Å²) < 4.78 is 0. The van der Waals surface area contributed by atoms with E-state index in [2.05, 4.69) is 15.3 Å². The molecule has 1 N–H and O–H groups in total. The van der Waals surface area contributed by atoms with Crippen molar-refractivity contribution >= 4 is 50.6 Å². The van der Waals surface area contributed by atoms with Crippen LogP contribution in [0.4, 0.5) is 5.82 Å². The van der Waals surface area contributed by atoms with E-state index >= 15 is 0 Å². The molecule has 0 fully saturated rings. The van der Waals surface area contributed by atoms with Gasteiger partial charge in [-0.15, -0.1) is 11.3 Å². The van der Waals surface area contributed by atoms with Crippen LogP contribution in [0.2, 0.25) is 10.0 Å². The third-order valence-electron chi connectivity index (χ3n) is 2.96. The molecule has 0 saturated carbocycles. The molecule has 0 aliphatic rings. The van der Waals surface area contributed by atoms with E-state index in [1.807, 2.05) is 23.6 Å². The number of hydrogen-bond donors (Lipinski definition) is 1. The second-order valence-electron chi connectivity index (χ2n) is 4.27. The lowest BCUT2D eigenvalue weighted by Crippen LogP contribution is -2.07. The first-order valence-corrected chi connectivity index (χ1v) is 7.73. The third kappa shape index (κ3) is 2.87. The molecule has 0 saturated heterocycles. The zero-order chi connectivity index (χ0) is 13.9. The first-order chi connectivity index (χ1) is 9.74. The van der Waals surface area contributed by atoms with Crippen LogP contribution in [-0.2, 0) is 6.42 Å². The minimum atomic E-state index is 0.655. The molecule has 0 atom stereocenters. The maximum Gasteiger partial charge on any atom is 0.138 e. The first-order valence-electron chi connectivity index (χ1n) is 6.10. The molecule has 3 aromatic rings. The average molecular weight is 324 g/mol. The normalized spacial score (nSPS) is 10.9. The van der Waals surface area contributed by atoms with Gasteiger partial charge in [-0.3, -0.25) is 0 Å². The summed E-state index contributed by atoms with van der Waals surface area (Å²) in [5.74, 6) is 0.862. The van der Waals surface area contributed by atoms with Crippen LogP contribution < -0.4 is 5.32 Å². The standard InChI is InChI=1S/C14H11Cl2N3S/c15-10-2-1-9(12(16)7-10)3-5-17-13-11-4-6-20-14(11)19-8-18-13/h1-2,4,6-8H,3,5H2,(H,17,18,19). The number of hydrogen-bond acceptors (Lipinski definition) is 4. The zero-order valence-electron chi connectivity index (χ0n) is 10.4. The predicted molar refractivity (Wildman–Crippen MR) is 86.1 cm³/mol. The zero-order valence-corrected chi connectivity index (χ0v) is 12.8. The van der Waals surface area contributed by atoms with Crippen molar-refractivity contribution in [2.24, 2.45) is 0 Å². The molecule has 6 heteroatoms. The van der Waals surface area contributed by atoms with E-state index in [9.17, 15) is 0 Å². The molecule has 0 radical (unpaired) electrons. The minimum absolute atomic E-state index is 0.655. The van der Waals surface area contributed by atoms with E-state index < -0.39 is 0 Å². The van der Waals surface area contributed by atoms with Crippen LogP contribution in [0.3, 0.4) is 0 Å². The number of thiophene rings is 1. The molecular weight excluding hydrogens is 313 g/mol. The van der Waals surface area contributed by atoms with Crippen LogP contribution in [0.25, 0.3) is 10.2 Å². The van der Waals surface area contributed by atoms with Gasteiger partial charge in [0.15, 0.2) is 0 Å². The number of rotatable bonds is 4. The van der Waals surface area contributed by atoms with Gasteiger partial charge in [0, 0.05) is 16.6 Å². The van der Waals surface area contributed by atoms with Gasteiger partial charge >= 0.3 is 0 Å². The highest BCUT2D eigenvalue weighted by Crippen LogP contribution is 2.24. The molecule has 102 valence electrons. The maximum atomic E-state index is 6.15. The summed E-state index contributed by atoms with van der Waals surface area (Å²) in [6.07, 6.45) is 2.39. The second kappa shape index (κ2) is 5.95. The number of benzene rings is 1. The Kier molecular flexibility index (Phi) is 4.05. The van der Waals surface area contributed by atoms with Crippen molar-refractivity contribution in [1.82, 2.24) is 9.97 Å². The predicted octanol–water partition coefficient (Wildman–Crippen LogP) is 4.65. The van der Waals surface area contributed by atoms with E-state index in [-0.39, 0.29) is 0 Å². The van der Waals surface area contributed by atoms with Crippen LogP contribution in [0, 0.1) is 0 Å². The van der Waals surface area contributed by atoms with Gasteiger partial charge in [0.25, 0.3) is 0 Å². The number of aromatic nitrogens is 2. The first kappa shape index (κ1) is 13.6. The number of fused-ring (bicyclic) bond motifs is 1.